The van der Waals surface area contributed by atoms with Gasteiger partial charge in [-0.05, 0) is 57.1 Å². The van der Waals surface area contributed by atoms with E-state index >= 15 is 0 Å². The molecule has 0 aromatic carbocycles. The van der Waals surface area contributed by atoms with Crippen molar-refractivity contribution in [3.8, 4) is 0 Å². The molecule has 0 aliphatic carbocycles. The van der Waals surface area contributed by atoms with E-state index in [2.05, 4.69) is 57.1 Å². The van der Waals surface area contributed by atoms with Crippen LogP contribution in [-0.2, 0) is 24.3 Å². The van der Waals surface area contributed by atoms with Crippen LogP contribution < -0.4 is 10.6 Å². The highest BCUT2D eigenvalue weighted by atomic mass is 32.1. The molecule has 3 atom stereocenters. The number of aryl methyl sites for hydroxylation is 1. The van der Waals surface area contributed by atoms with Crippen LogP contribution in [0.5, 0.6) is 0 Å². The molecule has 4 heterocycles. The van der Waals surface area contributed by atoms with E-state index in [9.17, 15) is 0 Å². The first kappa shape index (κ1) is 22.2. The topological polar surface area (TPSA) is 79.6 Å². The summed E-state index contributed by atoms with van der Waals surface area (Å²) in [6.07, 6.45) is 4.41. The molecular formula is C22H35N7OS. The minimum Gasteiger partial charge on any atom is -0.377 e. The number of hydrogen-bond donors (Lipinski definition) is 2. The van der Waals surface area contributed by atoms with E-state index in [0.29, 0.717) is 24.6 Å². The minimum atomic E-state index is 0.296. The third kappa shape index (κ3) is 5.45. The van der Waals surface area contributed by atoms with Gasteiger partial charge in [-0.3, -0.25) is 9.89 Å². The van der Waals surface area contributed by atoms with Crippen molar-refractivity contribution in [3.05, 3.63) is 34.0 Å². The summed E-state index contributed by atoms with van der Waals surface area (Å²) in [7, 11) is 3.93. The molecule has 8 nitrogen and oxygen atoms in total. The molecule has 1 fully saturated rings. The number of aromatic nitrogens is 3. The fourth-order valence-electron chi connectivity index (χ4n) is 4.75. The predicted octanol–water partition coefficient (Wildman–Crippen LogP) is 2.44. The maximum absolute atomic E-state index is 5.18. The predicted molar refractivity (Wildman–Crippen MR) is 124 cm³/mol. The lowest BCUT2D eigenvalue weighted by molar-refractivity contribution is 0.128. The second kappa shape index (κ2) is 10.6. The Hall–Kier alpha value is -1.97. The molecule has 0 spiro atoms. The molecule has 9 heteroatoms. The molecule has 2 aliphatic heterocycles. The van der Waals surface area contributed by atoms with Crippen LogP contribution in [0.2, 0.25) is 0 Å². The molecule has 1 saturated heterocycles. The molecule has 2 aromatic heterocycles. The number of thiophene rings is 1. The van der Waals surface area contributed by atoms with Crippen molar-refractivity contribution in [1.82, 2.24) is 30.3 Å². The summed E-state index contributed by atoms with van der Waals surface area (Å²) in [5.74, 6) is 3.26. The Kier molecular flexibility index (Phi) is 7.58. The smallest absolute Gasteiger partial charge is 0.191 e. The van der Waals surface area contributed by atoms with Gasteiger partial charge >= 0.3 is 0 Å². The van der Waals surface area contributed by atoms with Crippen LogP contribution in [0.15, 0.2) is 22.5 Å². The molecule has 2 aromatic rings. The number of methoxy groups -OCH3 is 1. The van der Waals surface area contributed by atoms with Crippen molar-refractivity contribution in [2.45, 2.75) is 57.8 Å². The maximum atomic E-state index is 5.18. The molecule has 3 unspecified atom stereocenters. The van der Waals surface area contributed by atoms with E-state index in [0.717, 1.165) is 56.6 Å². The largest absolute Gasteiger partial charge is 0.377 e. The van der Waals surface area contributed by atoms with Gasteiger partial charge in [0.1, 0.15) is 12.4 Å². The highest BCUT2D eigenvalue weighted by molar-refractivity contribution is 7.10. The Morgan fingerprint density at radius 2 is 2.29 bits per heavy atom. The number of fused-ring (bicyclic) bond motifs is 1. The van der Waals surface area contributed by atoms with Crippen LogP contribution in [0.4, 0.5) is 0 Å². The number of piperidine rings is 1. The van der Waals surface area contributed by atoms with Crippen LogP contribution in [0.25, 0.3) is 0 Å². The minimum absolute atomic E-state index is 0.296. The molecule has 0 amide bonds. The van der Waals surface area contributed by atoms with Crippen molar-refractivity contribution >= 4 is 17.3 Å². The second-order valence-electron chi connectivity index (χ2n) is 8.50. The summed E-state index contributed by atoms with van der Waals surface area (Å²) in [4.78, 5) is 13.6. The highest BCUT2D eigenvalue weighted by Crippen LogP contribution is 2.37. The summed E-state index contributed by atoms with van der Waals surface area (Å²) >= 11 is 1.86. The lowest BCUT2D eigenvalue weighted by Crippen LogP contribution is -2.47. The van der Waals surface area contributed by atoms with Crippen LogP contribution in [0, 0.1) is 5.92 Å². The SMILES string of the molecule is CCNC(=NCC1CCCN(C)C1c1cccs1)NC1CCc2nc(COC)nn2C1. The average molecular weight is 446 g/mol. The lowest BCUT2D eigenvalue weighted by atomic mass is 9.88. The maximum Gasteiger partial charge on any atom is 0.191 e. The van der Waals surface area contributed by atoms with Crippen LogP contribution in [0.3, 0.4) is 0 Å². The Morgan fingerprint density at radius 3 is 3.06 bits per heavy atom. The molecular weight excluding hydrogens is 410 g/mol. The number of guanidine groups is 1. The van der Waals surface area contributed by atoms with Gasteiger partial charge < -0.3 is 15.4 Å². The summed E-state index contributed by atoms with van der Waals surface area (Å²) in [5, 5.41) is 13.9. The van der Waals surface area contributed by atoms with Crippen LogP contribution in [-0.4, -0.2) is 65.5 Å². The monoisotopic (exact) mass is 445 g/mol. The number of aliphatic imine (C=N–C) groups is 1. The first-order valence-corrected chi connectivity index (χ1v) is 12.3. The number of nitrogens with zero attached hydrogens (tertiary/aromatic N) is 5. The van der Waals surface area contributed by atoms with Crippen LogP contribution >= 0.6 is 11.3 Å². The van der Waals surface area contributed by atoms with Crippen molar-refractivity contribution < 1.29 is 4.74 Å². The van der Waals surface area contributed by atoms with Gasteiger partial charge in [0.25, 0.3) is 0 Å². The molecule has 170 valence electrons. The normalized spacial score (nSPS) is 24.7. The average Bonchev–Trinajstić information content (AvgIpc) is 3.42. The summed E-state index contributed by atoms with van der Waals surface area (Å²) < 4.78 is 7.19. The molecule has 4 rings (SSSR count). The fourth-order valence-corrected chi connectivity index (χ4v) is 5.73. The van der Waals surface area contributed by atoms with Crippen molar-refractivity contribution in [2.24, 2.45) is 10.9 Å². The zero-order chi connectivity index (χ0) is 21.6. The third-order valence-electron chi connectivity index (χ3n) is 6.19. The van der Waals surface area contributed by atoms with E-state index < -0.39 is 0 Å². The lowest BCUT2D eigenvalue weighted by Gasteiger charge is -2.38. The molecule has 0 saturated carbocycles. The Labute approximate surface area is 189 Å². The van der Waals surface area contributed by atoms with Gasteiger partial charge in [0.05, 0.1) is 6.54 Å². The fraction of sp³-hybridized carbons (Fsp3) is 0.682. The zero-order valence-electron chi connectivity index (χ0n) is 18.9. The Bertz CT molecular complexity index is 850. The van der Waals surface area contributed by atoms with E-state index in [1.807, 2.05) is 16.0 Å². The molecule has 0 radical (unpaired) electrons. The van der Waals surface area contributed by atoms with Gasteiger partial charge in [0, 0.05) is 43.6 Å². The summed E-state index contributed by atoms with van der Waals surface area (Å²) in [6, 6.07) is 5.19. The van der Waals surface area contributed by atoms with E-state index in [1.54, 1.807) is 7.11 Å². The van der Waals surface area contributed by atoms with Gasteiger partial charge in [-0.2, -0.15) is 5.10 Å². The second-order valence-corrected chi connectivity index (χ2v) is 9.48. The van der Waals surface area contributed by atoms with Crippen LogP contribution in [0.1, 0.15) is 48.8 Å². The number of rotatable bonds is 7. The number of likely N-dealkylation sites (tertiary alicyclic amines) is 1. The molecule has 0 bridgehead atoms. The zero-order valence-corrected chi connectivity index (χ0v) is 19.7. The van der Waals surface area contributed by atoms with E-state index in [-0.39, 0.29) is 0 Å². The van der Waals surface area contributed by atoms with Gasteiger partial charge in [-0.15, -0.1) is 11.3 Å². The molecule has 2 N–H and O–H groups in total. The summed E-state index contributed by atoms with van der Waals surface area (Å²) in [6.45, 7) is 6.23. The number of ether oxygens (including phenoxy) is 1. The molecule has 31 heavy (non-hydrogen) atoms. The number of hydrogen-bond acceptors (Lipinski definition) is 6. The van der Waals surface area contributed by atoms with E-state index in [4.69, 9.17) is 9.73 Å². The Morgan fingerprint density at radius 1 is 1.39 bits per heavy atom. The van der Waals surface area contributed by atoms with Gasteiger partial charge in [0.15, 0.2) is 11.8 Å². The molecule has 2 aliphatic rings. The summed E-state index contributed by atoms with van der Waals surface area (Å²) in [5.41, 5.74) is 0. The van der Waals surface area contributed by atoms with Gasteiger partial charge in [-0.25, -0.2) is 9.67 Å². The van der Waals surface area contributed by atoms with Crippen molar-refractivity contribution in [3.63, 3.8) is 0 Å². The standard InChI is InChI=1S/C22H35N7OS/c1-4-23-22(25-17-9-10-20-26-19(15-30-3)27-29(20)14-17)24-13-16-7-5-11-28(2)21(16)18-8-6-12-31-18/h6,8,12,16-17,21H,4-5,7,9-11,13-15H2,1-3H3,(H2,23,24,25). The van der Waals surface area contributed by atoms with Crippen molar-refractivity contribution in [2.75, 3.05) is 33.8 Å². The number of nitrogens with one attached hydrogen (secondary N) is 2. The van der Waals surface area contributed by atoms with Gasteiger partial charge in [0.2, 0.25) is 0 Å². The van der Waals surface area contributed by atoms with Gasteiger partial charge in [-0.1, -0.05) is 6.07 Å². The highest BCUT2D eigenvalue weighted by Gasteiger charge is 2.31. The first-order valence-electron chi connectivity index (χ1n) is 11.4. The third-order valence-corrected chi connectivity index (χ3v) is 7.13. The quantitative estimate of drug-likeness (QED) is 0.503. The Balaban J connectivity index is 1.41. The first-order chi connectivity index (χ1) is 15.2. The van der Waals surface area contributed by atoms with E-state index in [1.165, 1.54) is 17.7 Å². The van der Waals surface area contributed by atoms with Crippen molar-refractivity contribution in [1.29, 1.82) is 0 Å².